The number of nitrogens with one attached hydrogen (secondary N) is 1. The molecule has 0 radical (unpaired) electrons. The number of carbonyl (C=O) groups is 1. The van der Waals surface area contributed by atoms with Crippen molar-refractivity contribution in [3.63, 3.8) is 0 Å². The highest BCUT2D eigenvalue weighted by molar-refractivity contribution is 7.98. The zero-order valence-corrected chi connectivity index (χ0v) is 15.5. The Morgan fingerprint density at radius 3 is 2.54 bits per heavy atom. The van der Waals surface area contributed by atoms with Gasteiger partial charge in [0.1, 0.15) is 0 Å². The first kappa shape index (κ1) is 18.2. The van der Waals surface area contributed by atoms with Crippen LogP contribution in [0.5, 0.6) is 0 Å². The fourth-order valence-corrected chi connectivity index (χ4v) is 3.96. The third-order valence-corrected chi connectivity index (χ3v) is 5.60. The van der Waals surface area contributed by atoms with Gasteiger partial charge in [0.25, 0.3) is 11.6 Å². The standard InChI is InChI=1S/C19H16N2O3S2/c1-25-16-10-9-14(12-15(16)21(23)24)19(22)20-18(17-8-5-11-26-17)13-6-3-2-4-7-13/h2-12,18H,1H3,(H,20,22). The van der Waals surface area contributed by atoms with Gasteiger partial charge >= 0.3 is 0 Å². The van der Waals surface area contributed by atoms with Crippen molar-refractivity contribution in [3.05, 3.63) is 92.2 Å². The number of nitro benzene ring substituents is 1. The van der Waals surface area contributed by atoms with Crippen molar-refractivity contribution in [2.45, 2.75) is 10.9 Å². The molecule has 0 aliphatic carbocycles. The van der Waals surface area contributed by atoms with Crippen LogP contribution in [0.1, 0.15) is 26.8 Å². The van der Waals surface area contributed by atoms with Crippen LogP contribution < -0.4 is 5.32 Å². The molecule has 3 aromatic rings. The second-order valence-electron chi connectivity index (χ2n) is 5.48. The summed E-state index contributed by atoms with van der Waals surface area (Å²) in [5.74, 6) is -0.344. The number of hydrogen-bond acceptors (Lipinski definition) is 5. The van der Waals surface area contributed by atoms with Gasteiger partial charge in [-0.3, -0.25) is 14.9 Å². The number of thioether (sulfide) groups is 1. The van der Waals surface area contributed by atoms with Gasteiger partial charge in [-0.2, -0.15) is 0 Å². The molecule has 0 saturated carbocycles. The normalized spacial score (nSPS) is 11.7. The van der Waals surface area contributed by atoms with Gasteiger partial charge < -0.3 is 5.32 Å². The molecule has 1 N–H and O–H groups in total. The Labute approximate surface area is 159 Å². The zero-order valence-electron chi connectivity index (χ0n) is 13.9. The van der Waals surface area contributed by atoms with Crippen LogP contribution in [0.25, 0.3) is 0 Å². The minimum Gasteiger partial charge on any atom is -0.340 e. The number of carbonyl (C=O) groups excluding carboxylic acids is 1. The molecule has 1 heterocycles. The van der Waals surface area contributed by atoms with E-state index in [2.05, 4.69) is 5.32 Å². The smallest absolute Gasteiger partial charge is 0.283 e. The van der Waals surface area contributed by atoms with Crippen LogP contribution in [-0.4, -0.2) is 17.1 Å². The highest BCUT2D eigenvalue weighted by Crippen LogP contribution is 2.30. The van der Waals surface area contributed by atoms with Crippen molar-refractivity contribution in [2.24, 2.45) is 0 Å². The van der Waals surface area contributed by atoms with E-state index in [9.17, 15) is 14.9 Å². The van der Waals surface area contributed by atoms with Gasteiger partial charge in [-0.05, 0) is 35.4 Å². The van der Waals surface area contributed by atoms with E-state index in [-0.39, 0.29) is 23.2 Å². The number of thiophene rings is 1. The molecule has 0 aliphatic rings. The number of benzene rings is 2. The largest absolute Gasteiger partial charge is 0.340 e. The SMILES string of the molecule is CSc1ccc(C(=O)NC(c2ccccc2)c2cccs2)cc1[N+](=O)[O-]. The van der Waals surface area contributed by atoms with E-state index in [0.717, 1.165) is 10.4 Å². The summed E-state index contributed by atoms with van der Waals surface area (Å²) in [6, 6.07) is 17.8. The molecule has 0 spiro atoms. The van der Waals surface area contributed by atoms with Crippen LogP contribution in [0.4, 0.5) is 5.69 Å². The first-order chi connectivity index (χ1) is 12.6. The molecule has 2 aromatic carbocycles. The summed E-state index contributed by atoms with van der Waals surface area (Å²) in [6.07, 6.45) is 1.77. The lowest BCUT2D eigenvalue weighted by Crippen LogP contribution is -2.28. The van der Waals surface area contributed by atoms with E-state index in [1.165, 1.54) is 17.8 Å². The molecule has 0 fully saturated rings. The summed E-state index contributed by atoms with van der Waals surface area (Å²) in [5.41, 5.74) is 1.17. The van der Waals surface area contributed by atoms with E-state index in [1.54, 1.807) is 29.7 Å². The van der Waals surface area contributed by atoms with Crippen LogP contribution in [0.15, 0.2) is 70.9 Å². The Hall–Kier alpha value is -2.64. The van der Waals surface area contributed by atoms with Crippen molar-refractivity contribution >= 4 is 34.7 Å². The predicted molar refractivity (Wildman–Crippen MR) is 105 cm³/mol. The van der Waals surface area contributed by atoms with Crippen LogP contribution >= 0.6 is 23.1 Å². The minimum absolute atomic E-state index is 0.0578. The summed E-state index contributed by atoms with van der Waals surface area (Å²) in [4.78, 5) is 25.1. The maximum atomic E-state index is 12.8. The third kappa shape index (κ3) is 3.95. The van der Waals surface area contributed by atoms with Gasteiger partial charge in [0.15, 0.2) is 0 Å². The molecule has 3 rings (SSSR count). The number of amides is 1. The third-order valence-electron chi connectivity index (χ3n) is 3.87. The Bertz CT molecular complexity index is 912. The fraction of sp³-hybridized carbons (Fsp3) is 0.105. The monoisotopic (exact) mass is 384 g/mol. The molecule has 5 nitrogen and oxygen atoms in total. The topological polar surface area (TPSA) is 72.2 Å². The zero-order chi connectivity index (χ0) is 18.5. The van der Waals surface area contributed by atoms with Gasteiger partial charge in [0, 0.05) is 16.5 Å². The quantitative estimate of drug-likeness (QED) is 0.373. The van der Waals surface area contributed by atoms with E-state index < -0.39 is 4.92 Å². The molecule has 1 amide bonds. The summed E-state index contributed by atoms with van der Waals surface area (Å²) >= 11 is 2.83. The van der Waals surface area contributed by atoms with Crippen LogP contribution in [-0.2, 0) is 0 Å². The Morgan fingerprint density at radius 1 is 1.15 bits per heavy atom. The molecular formula is C19H16N2O3S2. The van der Waals surface area contributed by atoms with Crippen LogP contribution in [0.3, 0.4) is 0 Å². The van der Waals surface area contributed by atoms with Crippen LogP contribution in [0, 0.1) is 10.1 Å². The van der Waals surface area contributed by atoms with Gasteiger partial charge in [-0.25, -0.2) is 0 Å². The van der Waals surface area contributed by atoms with Crippen LogP contribution in [0.2, 0.25) is 0 Å². The molecule has 132 valence electrons. The lowest BCUT2D eigenvalue weighted by atomic mass is 10.0. The van der Waals surface area contributed by atoms with Crippen molar-refractivity contribution in [1.29, 1.82) is 0 Å². The van der Waals surface area contributed by atoms with E-state index >= 15 is 0 Å². The van der Waals surface area contributed by atoms with E-state index in [1.807, 2.05) is 47.8 Å². The maximum absolute atomic E-state index is 12.8. The first-order valence-electron chi connectivity index (χ1n) is 7.82. The molecule has 7 heteroatoms. The highest BCUT2D eigenvalue weighted by atomic mass is 32.2. The average Bonchev–Trinajstić information content (AvgIpc) is 3.20. The van der Waals surface area contributed by atoms with Crippen molar-refractivity contribution < 1.29 is 9.72 Å². The van der Waals surface area contributed by atoms with Gasteiger partial charge in [0.05, 0.1) is 15.9 Å². The minimum atomic E-state index is -0.462. The molecule has 0 bridgehead atoms. The lowest BCUT2D eigenvalue weighted by Gasteiger charge is -2.18. The summed E-state index contributed by atoms with van der Waals surface area (Å²) < 4.78 is 0. The summed E-state index contributed by atoms with van der Waals surface area (Å²) in [5, 5.41) is 16.2. The summed E-state index contributed by atoms with van der Waals surface area (Å²) in [7, 11) is 0. The number of nitro groups is 1. The van der Waals surface area contributed by atoms with Gasteiger partial charge in [0.2, 0.25) is 0 Å². The van der Waals surface area contributed by atoms with Crippen molar-refractivity contribution in [1.82, 2.24) is 5.32 Å². The van der Waals surface area contributed by atoms with E-state index in [4.69, 9.17) is 0 Å². The summed E-state index contributed by atoms with van der Waals surface area (Å²) in [6.45, 7) is 0. The molecule has 26 heavy (non-hydrogen) atoms. The maximum Gasteiger partial charge on any atom is 0.283 e. The first-order valence-corrected chi connectivity index (χ1v) is 9.92. The van der Waals surface area contributed by atoms with Gasteiger partial charge in [-0.15, -0.1) is 23.1 Å². The number of hydrogen-bond donors (Lipinski definition) is 1. The fourth-order valence-electron chi connectivity index (χ4n) is 2.61. The Kier molecular flexibility index (Phi) is 5.70. The molecule has 1 aromatic heterocycles. The molecule has 1 atom stereocenters. The highest BCUT2D eigenvalue weighted by Gasteiger charge is 2.21. The van der Waals surface area contributed by atoms with Crippen molar-refractivity contribution in [3.8, 4) is 0 Å². The Morgan fingerprint density at radius 2 is 1.92 bits per heavy atom. The van der Waals surface area contributed by atoms with Gasteiger partial charge in [-0.1, -0.05) is 36.4 Å². The molecular weight excluding hydrogens is 368 g/mol. The molecule has 0 saturated heterocycles. The van der Waals surface area contributed by atoms with E-state index in [0.29, 0.717) is 4.90 Å². The Balaban J connectivity index is 1.92. The lowest BCUT2D eigenvalue weighted by molar-refractivity contribution is -0.387. The number of nitrogens with zero attached hydrogens (tertiary/aromatic N) is 1. The second kappa shape index (κ2) is 8.16. The number of rotatable bonds is 6. The predicted octanol–water partition coefficient (Wildman–Crippen LogP) is 4.90. The average molecular weight is 384 g/mol. The molecule has 0 aliphatic heterocycles. The van der Waals surface area contributed by atoms with Crippen molar-refractivity contribution in [2.75, 3.05) is 6.26 Å². The second-order valence-corrected chi connectivity index (χ2v) is 7.30. The molecule has 1 unspecified atom stereocenters.